The van der Waals surface area contributed by atoms with E-state index >= 15 is 0 Å². The molecule has 242 valence electrons. The van der Waals surface area contributed by atoms with Crippen LogP contribution in [-0.4, -0.2) is 75.4 Å². The molecule has 0 spiro atoms. The molecule has 0 radical (unpaired) electrons. The Balaban J connectivity index is 1.39. The van der Waals surface area contributed by atoms with Crippen LogP contribution in [-0.2, 0) is 30.8 Å². The molecule has 3 heterocycles. The lowest BCUT2D eigenvalue weighted by Gasteiger charge is -2.29. The Morgan fingerprint density at radius 2 is 1.64 bits per heavy atom. The van der Waals surface area contributed by atoms with Crippen LogP contribution in [0.2, 0.25) is 0 Å². The van der Waals surface area contributed by atoms with Gasteiger partial charge in [0.1, 0.15) is 5.75 Å². The number of unbranched alkanes of at least 4 members (excludes halogenated alkanes) is 2. The van der Waals surface area contributed by atoms with E-state index < -0.39 is 0 Å². The smallest absolute Gasteiger partial charge is 0.332 e. The van der Waals surface area contributed by atoms with Gasteiger partial charge < -0.3 is 24.4 Å². The molecular weight excluding hydrogens is 558 g/mol. The fourth-order valence-corrected chi connectivity index (χ4v) is 5.78. The fraction of sp³-hybridized carbons (Fsp3) is 0.636. The summed E-state index contributed by atoms with van der Waals surface area (Å²) in [7, 11) is 0. The third-order valence-corrected chi connectivity index (χ3v) is 8.49. The molecule has 0 aliphatic carbocycles. The number of nitrogens with zero attached hydrogens (tertiary/aromatic N) is 6. The minimum absolute atomic E-state index is 0.00190. The number of hydrogen-bond donors (Lipinski definition) is 1. The summed E-state index contributed by atoms with van der Waals surface area (Å²) in [5, 5.41) is 2.93. The normalized spacial score (nSPS) is 13.1. The van der Waals surface area contributed by atoms with Crippen LogP contribution in [0.5, 0.6) is 5.75 Å². The molecule has 0 bridgehead atoms. The van der Waals surface area contributed by atoms with Crippen molar-refractivity contribution in [3.63, 3.8) is 0 Å². The Hall–Kier alpha value is -3.60. The zero-order chi connectivity index (χ0) is 31.5. The molecule has 11 nitrogen and oxygen atoms in total. The predicted molar refractivity (Wildman–Crippen MR) is 176 cm³/mol. The summed E-state index contributed by atoms with van der Waals surface area (Å²) >= 11 is 0. The van der Waals surface area contributed by atoms with E-state index in [1.54, 1.807) is 4.57 Å². The van der Waals surface area contributed by atoms with Gasteiger partial charge in [-0.1, -0.05) is 52.7 Å². The predicted octanol–water partition coefficient (Wildman–Crippen LogP) is 3.64. The summed E-state index contributed by atoms with van der Waals surface area (Å²) in [4.78, 5) is 48.6. The number of benzene rings is 1. The Kier molecular flexibility index (Phi) is 12.5. The maximum Gasteiger partial charge on any atom is 0.332 e. The van der Waals surface area contributed by atoms with E-state index in [2.05, 4.69) is 42.8 Å². The first kappa shape index (κ1) is 33.3. The molecule has 1 amide bonds. The second kappa shape index (κ2) is 16.5. The number of aromatic nitrogens is 4. The van der Waals surface area contributed by atoms with Crippen molar-refractivity contribution in [2.24, 2.45) is 0 Å². The highest BCUT2D eigenvalue weighted by atomic mass is 16.5. The van der Waals surface area contributed by atoms with Crippen LogP contribution in [0.1, 0.15) is 71.8 Å². The van der Waals surface area contributed by atoms with Gasteiger partial charge in [-0.2, -0.15) is 4.98 Å². The number of carbonyl (C=O) groups excluding carboxylic acids is 1. The maximum atomic E-state index is 13.6. The van der Waals surface area contributed by atoms with E-state index in [4.69, 9.17) is 9.72 Å². The zero-order valence-electron chi connectivity index (χ0n) is 27.1. The van der Waals surface area contributed by atoms with Gasteiger partial charge >= 0.3 is 5.69 Å². The van der Waals surface area contributed by atoms with E-state index in [1.165, 1.54) is 4.57 Å². The van der Waals surface area contributed by atoms with Crippen LogP contribution in [0.4, 0.5) is 5.95 Å². The Morgan fingerprint density at radius 3 is 2.32 bits per heavy atom. The van der Waals surface area contributed by atoms with Gasteiger partial charge in [0.2, 0.25) is 5.95 Å². The average molecular weight is 610 g/mol. The standard InChI is InChI=1S/C33H51N7O4/c1-5-9-21-39-30-29(31(42)40(33(39)43)22-10-6-2)38-23-12-20-37(32(38)35-30)24-17-26-13-15-27(16-14-26)44-25-28(41)34-18-11-19-36(7-3)8-4/h13-16H,5-12,17-25H2,1-4H3,(H,34,41). The van der Waals surface area contributed by atoms with Crippen LogP contribution in [0, 0.1) is 0 Å². The van der Waals surface area contributed by atoms with E-state index in [-0.39, 0.29) is 23.8 Å². The van der Waals surface area contributed by atoms with Crippen molar-refractivity contribution in [3.05, 3.63) is 50.7 Å². The first-order chi connectivity index (χ1) is 21.4. The number of rotatable bonds is 18. The minimum Gasteiger partial charge on any atom is -0.484 e. The van der Waals surface area contributed by atoms with Crippen molar-refractivity contribution in [1.82, 2.24) is 28.9 Å². The number of aryl methyl sites for hydroxylation is 2. The number of ether oxygens (including phenoxy) is 1. The molecule has 3 aromatic rings. The molecule has 0 atom stereocenters. The molecular formula is C33H51N7O4. The van der Waals surface area contributed by atoms with E-state index in [9.17, 15) is 14.4 Å². The van der Waals surface area contributed by atoms with Gasteiger partial charge in [-0.3, -0.25) is 18.7 Å². The van der Waals surface area contributed by atoms with Crippen molar-refractivity contribution in [1.29, 1.82) is 0 Å². The molecule has 0 fully saturated rings. The lowest BCUT2D eigenvalue weighted by Crippen LogP contribution is -2.41. The van der Waals surface area contributed by atoms with E-state index in [0.29, 0.717) is 43.1 Å². The third kappa shape index (κ3) is 8.11. The van der Waals surface area contributed by atoms with Crippen molar-refractivity contribution in [2.75, 3.05) is 50.8 Å². The molecule has 0 saturated heterocycles. The summed E-state index contributed by atoms with van der Waals surface area (Å²) in [6, 6.07) is 7.86. The van der Waals surface area contributed by atoms with Crippen LogP contribution in [0.25, 0.3) is 11.2 Å². The van der Waals surface area contributed by atoms with Gasteiger partial charge in [0, 0.05) is 39.3 Å². The molecule has 0 saturated carbocycles. The van der Waals surface area contributed by atoms with Crippen LogP contribution < -0.4 is 26.2 Å². The second-order valence-corrected chi connectivity index (χ2v) is 11.6. The number of carbonyl (C=O) groups is 1. The lowest BCUT2D eigenvalue weighted by atomic mass is 10.1. The minimum atomic E-state index is -0.249. The Morgan fingerprint density at radius 1 is 0.932 bits per heavy atom. The molecule has 1 N–H and O–H groups in total. The highest BCUT2D eigenvalue weighted by Crippen LogP contribution is 2.25. The maximum absolute atomic E-state index is 13.6. The summed E-state index contributed by atoms with van der Waals surface area (Å²) in [5.41, 5.74) is 1.73. The van der Waals surface area contributed by atoms with Gasteiger partial charge in [0.05, 0.1) is 0 Å². The SMILES string of the molecule is CCCCn1c(=O)c2c(nc3n2CCCN3CCc2ccc(OCC(=O)NCCCN(CC)CC)cc2)n(CCCC)c1=O. The number of fused-ring (bicyclic) bond motifs is 3. The molecule has 11 heteroatoms. The Labute approximate surface area is 260 Å². The molecule has 1 aromatic carbocycles. The molecule has 2 aromatic heterocycles. The largest absolute Gasteiger partial charge is 0.484 e. The molecule has 0 unspecified atom stereocenters. The monoisotopic (exact) mass is 609 g/mol. The molecule has 1 aliphatic rings. The van der Waals surface area contributed by atoms with Crippen molar-refractivity contribution in [2.45, 2.75) is 92.3 Å². The van der Waals surface area contributed by atoms with Crippen molar-refractivity contribution in [3.8, 4) is 5.75 Å². The van der Waals surface area contributed by atoms with Crippen LogP contribution >= 0.6 is 0 Å². The number of amides is 1. The van der Waals surface area contributed by atoms with Crippen molar-refractivity contribution >= 4 is 23.0 Å². The summed E-state index contributed by atoms with van der Waals surface area (Å²) in [6.07, 6.45) is 6.13. The van der Waals surface area contributed by atoms with Crippen molar-refractivity contribution < 1.29 is 9.53 Å². The van der Waals surface area contributed by atoms with E-state index in [1.807, 2.05) is 28.8 Å². The molecule has 44 heavy (non-hydrogen) atoms. The summed E-state index contributed by atoms with van der Waals surface area (Å²) < 4.78 is 10.9. The summed E-state index contributed by atoms with van der Waals surface area (Å²) in [5.74, 6) is 1.32. The van der Waals surface area contributed by atoms with E-state index in [0.717, 1.165) is 89.2 Å². The van der Waals surface area contributed by atoms with Gasteiger partial charge in [-0.25, -0.2) is 4.79 Å². The average Bonchev–Trinajstić information content (AvgIpc) is 3.43. The van der Waals surface area contributed by atoms with Gasteiger partial charge in [0.15, 0.2) is 17.8 Å². The first-order valence-corrected chi connectivity index (χ1v) is 16.6. The second-order valence-electron chi connectivity index (χ2n) is 11.6. The highest BCUT2D eigenvalue weighted by molar-refractivity contribution is 5.77. The third-order valence-electron chi connectivity index (χ3n) is 8.49. The topological polar surface area (TPSA) is 107 Å². The van der Waals surface area contributed by atoms with Gasteiger partial charge in [-0.15, -0.1) is 0 Å². The number of imidazole rings is 1. The van der Waals surface area contributed by atoms with Crippen LogP contribution in [0.15, 0.2) is 33.9 Å². The first-order valence-electron chi connectivity index (χ1n) is 16.6. The fourth-order valence-electron chi connectivity index (χ4n) is 5.78. The quantitative estimate of drug-likeness (QED) is 0.220. The lowest BCUT2D eigenvalue weighted by molar-refractivity contribution is -0.123. The van der Waals surface area contributed by atoms with Gasteiger partial charge in [-0.05, 0) is 69.4 Å². The Bertz CT molecular complexity index is 1470. The van der Waals surface area contributed by atoms with Gasteiger partial charge in [0.25, 0.3) is 11.5 Å². The number of hydrogen-bond acceptors (Lipinski definition) is 7. The molecule has 4 rings (SSSR count). The number of anilines is 1. The molecule has 1 aliphatic heterocycles. The number of nitrogens with one attached hydrogen (secondary N) is 1. The zero-order valence-corrected chi connectivity index (χ0v) is 27.1. The highest BCUT2D eigenvalue weighted by Gasteiger charge is 2.26. The van der Waals surface area contributed by atoms with Crippen LogP contribution in [0.3, 0.4) is 0 Å². The summed E-state index contributed by atoms with van der Waals surface area (Å²) in [6.45, 7) is 15.4.